The van der Waals surface area contributed by atoms with E-state index in [4.69, 9.17) is 0 Å². The van der Waals surface area contributed by atoms with E-state index in [9.17, 15) is 4.79 Å². The number of hydrogen-bond acceptors (Lipinski definition) is 2. The van der Waals surface area contributed by atoms with Crippen LogP contribution in [0.3, 0.4) is 0 Å². The van der Waals surface area contributed by atoms with Crippen molar-refractivity contribution in [2.75, 3.05) is 24.5 Å². The normalized spacial score (nSPS) is 23.6. The Kier molecular flexibility index (Phi) is 5.01. The lowest BCUT2D eigenvalue weighted by Gasteiger charge is -2.40. The Hall–Kier alpha value is -1.51. The SMILES string of the molecule is CCC1CCCCN1C(=O)C1CCN(c2ccccc2)CC1. The lowest BCUT2D eigenvalue weighted by atomic mass is 9.91. The van der Waals surface area contributed by atoms with E-state index < -0.39 is 0 Å². The van der Waals surface area contributed by atoms with Crippen LogP contribution in [-0.4, -0.2) is 36.5 Å². The number of hydrogen-bond donors (Lipinski definition) is 0. The average Bonchev–Trinajstić information content (AvgIpc) is 2.62. The summed E-state index contributed by atoms with van der Waals surface area (Å²) in [4.78, 5) is 17.5. The highest BCUT2D eigenvalue weighted by atomic mass is 16.2. The molecule has 1 unspecified atom stereocenters. The first-order chi connectivity index (χ1) is 10.8. The molecule has 0 radical (unpaired) electrons. The van der Waals surface area contributed by atoms with Crippen molar-refractivity contribution >= 4 is 11.6 Å². The Morgan fingerprint density at radius 2 is 1.77 bits per heavy atom. The number of rotatable bonds is 3. The van der Waals surface area contributed by atoms with Crippen molar-refractivity contribution in [1.29, 1.82) is 0 Å². The number of carbonyl (C=O) groups is 1. The minimum Gasteiger partial charge on any atom is -0.371 e. The molecule has 3 nitrogen and oxygen atoms in total. The fourth-order valence-corrected chi connectivity index (χ4v) is 3.97. The molecule has 0 N–H and O–H groups in total. The summed E-state index contributed by atoms with van der Waals surface area (Å²) in [5.41, 5.74) is 1.29. The minimum absolute atomic E-state index is 0.243. The van der Waals surface area contributed by atoms with Gasteiger partial charge in [-0.05, 0) is 50.7 Å². The van der Waals surface area contributed by atoms with Crippen molar-refractivity contribution in [3.8, 4) is 0 Å². The number of benzene rings is 1. The monoisotopic (exact) mass is 300 g/mol. The van der Waals surface area contributed by atoms with Crippen LogP contribution in [0.4, 0.5) is 5.69 Å². The third-order valence-corrected chi connectivity index (χ3v) is 5.35. The van der Waals surface area contributed by atoms with Crippen LogP contribution < -0.4 is 4.90 Å². The number of nitrogens with zero attached hydrogens (tertiary/aromatic N) is 2. The van der Waals surface area contributed by atoms with Crippen LogP contribution in [0.2, 0.25) is 0 Å². The number of anilines is 1. The van der Waals surface area contributed by atoms with Crippen LogP contribution in [0, 0.1) is 5.92 Å². The topological polar surface area (TPSA) is 23.6 Å². The third-order valence-electron chi connectivity index (χ3n) is 5.35. The predicted octanol–water partition coefficient (Wildman–Crippen LogP) is 3.69. The fraction of sp³-hybridized carbons (Fsp3) is 0.632. The molecule has 1 amide bonds. The van der Waals surface area contributed by atoms with Crippen molar-refractivity contribution in [2.45, 2.75) is 51.5 Å². The zero-order valence-corrected chi connectivity index (χ0v) is 13.7. The van der Waals surface area contributed by atoms with Crippen LogP contribution in [0.1, 0.15) is 45.4 Å². The Morgan fingerprint density at radius 3 is 2.45 bits per heavy atom. The highest BCUT2D eigenvalue weighted by Gasteiger charge is 2.32. The van der Waals surface area contributed by atoms with Crippen LogP contribution in [0.25, 0.3) is 0 Å². The van der Waals surface area contributed by atoms with Crippen LogP contribution in [0.15, 0.2) is 30.3 Å². The molecular formula is C19H28N2O. The molecule has 1 aromatic carbocycles. The number of amides is 1. The van der Waals surface area contributed by atoms with Gasteiger partial charge in [0, 0.05) is 37.3 Å². The van der Waals surface area contributed by atoms with Crippen molar-refractivity contribution < 1.29 is 4.79 Å². The molecule has 2 aliphatic rings. The van der Waals surface area contributed by atoms with Gasteiger partial charge < -0.3 is 9.80 Å². The van der Waals surface area contributed by atoms with Crippen molar-refractivity contribution in [2.24, 2.45) is 5.92 Å². The van der Waals surface area contributed by atoms with E-state index in [1.807, 2.05) is 0 Å². The molecule has 2 fully saturated rings. The van der Waals surface area contributed by atoms with Crippen LogP contribution in [0.5, 0.6) is 0 Å². The summed E-state index contributed by atoms with van der Waals surface area (Å²) in [6.45, 7) is 5.21. The average molecular weight is 300 g/mol. The quantitative estimate of drug-likeness (QED) is 0.850. The summed E-state index contributed by atoms with van der Waals surface area (Å²) in [5, 5.41) is 0. The summed E-state index contributed by atoms with van der Waals surface area (Å²) in [7, 11) is 0. The highest BCUT2D eigenvalue weighted by molar-refractivity contribution is 5.79. The minimum atomic E-state index is 0.243. The zero-order chi connectivity index (χ0) is 15.4. The molecule has 3 rings (SSSR count). The van der Waals surface area contributed by atoms with Gasteiger partial charge in [0.15, 0.2) is 0 Å². The molecule has 0 bridgehead atoms. The fourth-order valence-electron chi connectivity index (χ4n) is 3.97. The van der Waals surface area contributed by atoms with Gasteiger partial charge in [-0.3, -0.25) is 4.79 Å². The Morgan fingerprint density at radius 1 is 1.05 bits per heavy atom. The summed E-state index contributed by atoms with van der Waals surface area (Å²) in [5.74, 6) is 0.673. The maximum atomic E-state index is 12.9. The first-order valence-corrected chi connectivity index (χ1v) is 8.90. The van der Waals surface area contributed by atoms with E-state index in [1.165, 1.54) is 24.9 Å². The van der Waals surface area contributed by atoms with E-state index in [1.54, 1.807) is 0 Å². The summed E-state index contributed by atoms with van der Waals surface area (Å²) < 4.78 is 0. The Bertz CT molecular complexity index is 479. The number of para-hydroxylation sites is 1. The molecule has 1 atom stereocenters. The second kappa shape index (κ2) is 7.17. The van der Waals surface area contributed by atoms with Gasteiger partial charge in [-0.15, -0.1) is 0 Å². The van der Waals surface area contributed by atoms with Crippen LogP contribution in [-0.2, 0) is 4.79 Å². The van der Waals surface area contributed by atoms with Gasteiger partial charge in [-0.25, -0.2) is 0 Å². The van der Waals surface area contributed by atoms with Gasteiger partial charge in [0.25, 0.3) is 0 Å². The van der Waals surface area contributed by atoms with Gasteiger partial charge >= 0.3 is 0 Å². The molecule has 22 heavy (non-hydrogen) atoms. The van der Waals surface area contributed by atoms with E-state index in [0.29, 0.717) is 11.9 Å². The standard InChI is InChI=1S/C19H28N2O/c1-2-17-8-6-7-13-21(17)19(22)16-11-14-20(15-12-16)18-9-4-3-5-10-18/h3-5,9-10,16-17H,2,6-8,11-15H2,1H3. The van der Waals surface area contributed by atoms with E-state index in [0.717, 1.165) is 38.9 Å². The molecule has 120 valence electrons. The van der Waals surface area contributed by atoms with E-state index >= 15 is 0 Å². The Balaban J connectivity index is 1.57. The van der Waals surface area contributed by atoms with Gasteiger partial charge in [-0.2, -0.15) is 0 Å². The maximum absolute atomic E-state index is 12.9. The van der Waals surface area contributed by atoms with Gasteiger partial charge in [0.1, 0.15) is 0 Å². The zero-order valence-electron chi connectivity index (χ0n) is 13.7. The predicted molar refractivity (Wildman–Crippen MR) is 91.0 cm³/mol. The molecule has 0 aromatic heterocycles. The molecule has 0 saturated carbocycles. The molecular weight excluding hydrogens is 272 g/mol. The van der Waals surface area contributed by atoms with Gasteiger partial charge in [-0.1, -0.05) is 25.1 Å². The smallest absolute Gasteiger partial charge is 0.226 e. The largest absolute Gasteiger partial charge is 0.371 e. The first-order valence-electron chi connectivity index (χ1n) is 8.90. The van der Waals surface area contributed by atoms with Crippen molar-refractivity contribution in [3.05, 3.63) is 30.3 Å². The molecule has 2 aliphatic heterocycles. The molecule has 2 heterocycles. The second-order valence-electron chi connectivity index (χ2n) is 6.69. The molecule has 1 aromatic rings. The highest BCUT2D eigenvalue weighted by Crippen LogP contribution is 2.28. The number of piperidine rings is 2. The Labute approximate surface area is 134 Å². The van der Waals surface area contributed by atoms with Gasteiger partial charge in [0.05, 0.1) is 0 Å². The molecule has 2 saturated heterocycles. The lowest BCUT2D eigenvalue weighted by molar-refractivity contribution is -0.140. The lowest BCUT2D eigenvalue weighted by Crippen LogP contribution is -2.48. The number of likely N-dealkylation sites (tertiary alicyclic amines) is 1. The third kappa shape index (κ3) is 3.29. The maximum Gasteiger partial charge on any atom is 0.226 e. The summed E-state index contributed by atoms with van der Waals surface area (Å²) in [6.07, 6.45) is 6.78. The molecule has 0 spiro atoms. The van der Waals surface area contributed by atoms with Crippen molar-refractivity contribution in [3.63, 3.8) is 0 Å². The van der Waals surface area contributed by atoms with Gasteiger partial charge in [0.2, 0.25) is 5.91 Å². The summed E-state index contributed by atoms with van der Waals surface area (Å²) >= 11 is 0. The first kappa shape index (κ1) is 15.4. The number of carbonyl (C=O) groups excluding carboxylic acids is 1. The van der Waals surface area contributed by atoms with E-state index in [2.05, 4.69) is 47.1 Å². The van der Waals surface area contributed by atoms with Crippen molar-refractivity contribution in [1.82, 2.24) is 4.90 Å². The second-order valence-corrected chi connectivity index (χ2v) is 6.69. The van der Waals surface area contributed by atoms with E-state index in [-0.39, 0.29) is 5.92 Å². The molecule has 0 aliphatic carbocycles. The van der Waals surface area contributed by atoms with Crippen LogP contribution >= 0.6 is 0 Å². The molecule has 3 heteroatoms. The summed E-state index contributed by atoms with van der Waals surface area (Å²) in [6, 6.07) is 11.1.